The third-order valence-corrected chi connectivity index (χ3v) is 0. The molecule has 0 rings (SSSR count). The third kappa shape index (κ3) is 300. The van der Waals surface area contributed by atoms with Crippen LogP contribution in [-0.4, -0.2) is 0 Å². The van der Waals surface area contributed by atoms with Crippen LogP contribution in [0.15, 0.2) is 0 Å². The van der Waals surface area contributed by atoms with Crippen LogP contribution in [0.1, 0.15) is 0 Å². The second-order valence-electron chi connectivity index (χ2n) is 0. The largest absolute Gasteiger partial charge is 1.00 e. The van der Waals surface area contributed by atoms with Gasteiger partial charge in [0.25, 0.3) is 0 Å². The lowest BCUT2D eigenvalue weighted by molar-refractivity contribution is -0.00100. The summed E-state index contributed by atoms with van der Waals surface area (Å²) in [7, 11) is 0. The number of rotatable bonds is 0. The van der Waals surface area contributed by atoms with Crippen molar-refractivity contribution in [3.63, 3.8) is 0 Å². The molecule has 0 aromatic heterocycles. The SMILES string of the molecule is NN.NN.[F-].[F-]. The standard InChI is InChI=1S/2FH.2H4N2/c;;2*1-2/h2*1H;2*1-2H2/p-2. The minimum atomic E-state index is 0. The van der Waals surface area contributed by atoms with Crippen LogP contribution < -0.4 is 32.8 Å². The zero-order chi connectivity index (χ0) is 4.00. The quantitative estimate of drug-likeness (QED) is 0.180. The molecule has 0 unspecified atom stereocenters. The summed E-state index contributed by atoms with van der Waals surface area (Å²) in [6.45, 7) is 0. The Morgan fingerprint density at radius 3 is 0.500 bits per heavy atom. The summed E-state index contributed by atoms with van der Waals surface area (Å²) < 4.78 is 0. The van der Waals surface area contributed by atoms with Gasteiger partial charge in [0.05, 0.1) is 0 Å². The molecule has 0 spiro atoms. The highest BCUT2D eigenvalue weighted by Crippen LogP contribution is -0.0170. The van der Waals surface area contributed by atoms with E-state index in [2.05, 4.69) is 23.4 Å². The van der Waals surface area contributed by atoms with Gasteiger partial charge in [-0.25, -0.2) is 0 Å². The predicted octanol–water partition coefficient (Wildman–Crippen LogP) is -8.35. The minimum Gasteiger partial charge on any atom is -1.00 e. The van der Waals surface area contributed by atoms with E-state index in [0.29, 0.717) is 0 Å². The highest BCUT2D eigenvalue weighted by molar-refractivity contribution is 3.26. The maximum absolute atomic E-state index is 4.00. The Morgan fingerprint density at radius 2 is 0.500 bits per heavy atom. The number of hydrazine groups is 2. The van der Waals surface area contributed by atoms with Gasteiger partial charge in [-0.3, -0.25) is 23.4 Å². The van der Waals surface area contributed by atoms with Crippen molar-refractivity contribution in [2.45, 2.75) is 0 Å². The fourth-order valence-electron chi connectivity index (χ4n) is 0. The van der Waals surface area contributed by atoms with Gasteiger partial charge in [-0.1, -0.05) is 0 Å². The molecule has 0 aliphatic carbocycles. The van der Waals surface area contributed by atoms with Crippen molar-refractivity contribution in [1.82, 2.24) is 0 Å². The first-order chi connectivity index (χ1) is 2.00. The average Bonchev–Trinajstić information content (AvgIpc) is 1.50. The first kappa shape index (κ1) is 43.6. The van der Waals surface area contributed by atoms with E-state index < -0.39 is 0 Å². The summed E-state index contributed by atoms with van der Waals surface area (Å²) in [6, 6.07) is 0. The van der Waals surface area contributed by atoms with Gasteiger partial charge in [-0.2, -0.15) is 0 Å². The Balaban J connectivity index is -0.00000000500. The monoisotopic (exact) mass is 102 g/mol. The van der Waals surface area contributed by atoms with Crippen LogP contribution in [0, 0.1) is 0 Å². The van der Waals surface area contributed by atoms with Crippen molar-refractivity contribution >= 4 is 0 Å². The van der Waals surface area contributed by atoms with Crippen LogP contribution in [0.25, 0.3) is 0 Å². The summed E-state index contributed by atoms with van der Waals surface area (Å²) >= 11 is 0. The molecule has 4 nitrogen and oxygen atoms in total. The van der Waals surface area contributed by atoms with Crippen molar-refractivity contribution < 1.29 is 9.41 Å². The van der Waals surface area contributed by atoms with Gasteiger partial charge in [0, 0.05) is 0 Å². The summed E-state index contributed by atoms with van der Waals surface area (Å²) in [5, 5.41) is 0. The number of hydrogen-bond donors (Lipinski definition) is 4. The van der Waals surface area contributed by atoms with Crippen molar-refractivity contribution in [3.05, 3.63) is 0 Å². The average molecular weight is 102 g/mol. The molecule has 0 bridgehead atoms. The molecule has 44 valence electrons. The van der Waals surface area contributed by atoms with Crippen molar-refractivity contribution in [1.29, 1.82) is 0 Å². The highest BCUT2D eigenvalue weighted by Gasteiger charge is 0.728. The van der Waals surface area contributed by atoms with Crippen molar-refractivity contribution in [3.8, 4) is 0 Å². The summed E-state index contributed by atoms with van der Waals surface area (Å²) in [6.07, 6.45) is 0. The smallest absolute Gasteiger partial charge is 0.274 e. The van der Waals surface area contributed by atoms with E-state index in [-0.39, 0.29) is 9.41 Å². The molecule has 0 aromatic rings. The van der Waals surface area contributed by atoms with Gasteiger partial charge in [0.15, 0.2) is 0 Å². The second-order valence-corrected chi connectivity index (χ2v) is 0. The second kappa shape index (κ2) is 715. The summed E-state index contributed by atoms with van der Waals surface area (Å²) in [5.41, 5.74) is 0. The maximum atomic E-state index is 4.00. The van der Waals surface area contributed by atoms with Gasteiger partial charge >= 0.3 is 0 Å². The Labute approximate surface area is 34.1 Å². The van der Waals surface area contributed by atoms with E-state index in [1.165, 1.54) is 0 Å². The van der Waals surface area contributed by atoms with E-state index >= 15 is 0 Å². The van der Waals surface area contributed by atoms with Crippen molar-refractivity contribution in [2.75, 3.05) is 0 Å². The van der Waals surface area contributed by atoms with Gasteiger partial charge in [0.2, 0.25) is 0 Å². The van der Waals surface area contributed by atoms with Crippen molar-refractivity contribution in [2.24, 2.45) is 23.4 Å². The van der Waals surface area contributed by atoms with E-state index in [1.54, 1.807) is 0 Å². The van der Waals surface area contributed by atoms with Gasteiger partial charge < -0.3 is 9.41 Å². The molecule has 0 amide bonds. The normalized spacial score (nSPS) is 2.00. The summed E-state index contributed by atoms with van der Waals surface area (Å²) in [4.78, 5) is 0. The topological polar surface area (TPSA) is 104 Å². The van der Waals surface area contributed by atoms with Crippen LogP contribution in [-0.2, 0) is 0 Å². The Morgan fingerprint density at radius 1 is 0.500 bits per heavy atom. The Bertz CT molecular complexity index is 5.51. The fourth-order valence-corrected chi connectivity index (χ4v) is 0. The molecule has 0 aromatic carbocycles. The lowest BCUT2D eigenvalue weighted by Crippen LogP contribution is -3.00. The Kier molecular flexibility index (Phi) is 5190. The minimum absolute atomic E-state index is 0. The van der Waals surface area contributed by atoms with Crippen LogP contribution in [0.2, 0.25) is 0 Å². The van der Waals surface area contributed by atoms with Crippen LogP contribution >= 0.6 is 0 Å². The molecule has 6 heteroatoms. The van der Waals surface area contributed by atoms with Crippen LogP contribution in [0.3, 0.4) is 0 Å². The molecule has 0 saturated carbocycles. The van der Waals surface area contributed by atoms with Gasteiger partial charge in [-0.05, 0) is 0 Å². The third-order valence-electron chi connectivity index (χ3n) is 0. The van der Waals surface area contributed by atoms with Crippen LogP contribution in [0.4, 0.5) is 0 Å². The molecule has 0 heterocycles. The number of nitrogens with two attached hydrogens (primary N) is 4. The summed E-state index contributed by atoms with van der Waals surface area (Å²) in [5.74, 6) is 16.0. The first-order valence-electron chi connectivity index (χ1n) is 0.667. The highest BCUT2D eigenvalue weighted by atomic mass is 19.0. The molecule has 0 saturated heterocycles. The molecule has 0 atom stereocenters. The van der Waals surface area contributed by atoms with Crippen LogP contribution in [0.5, 0.6) is 0 Å². The number of hydrogen-bond acceptors (Lipinski definition) is 4. The van der Waals surface area contributed by atoms with E-state index in [4.69, 9.17) is 0 Å². The first-order valence-corrected chi connectivity index (χ1v) is 0.667. The fraction of sp³-hybridized carbons (Fsp3) is 0. The Hall–Kier alpha value is -0.300. The van der Waals surface area contributed by atoms with E-state index in [1.807, 2.05) is 0 Å². The molecule has 0 aliphatic rings. The lowest BCUT2D eigenvalue weighted by Gasteiger charge is -1.27. The van der Waals surface area contributed by atoms with E-state index in [9.17, 15) is 0 Å². The van der Waals surface area contributed by atoms with Gasteiger partial charge in [0.1, 0.15) is 0 Å². The van der Waals surface area contributed by atoms with E-state index in [0.717, 1.165) is 0 Å². The maximum Gasteiger partial charge on any atom is -0.274 e. The van der Waals surface area contributed by atoms with Gasteiger partial charge in [-0.15, -0.1) is 0 Å². The zero-order valence-electron chi connectivity index (χ0n) is 3.07. The molecular weight excluding hydrogens is 94.0 g/mol. The zero-order valence-corrected chi connectivity index (χ0v) is 3.07. The molecule has 0 aliphatic heterocycles. The molecule has 0 fully saturated rings. The number of halogens is 2. The lowest BCUT2D eigenvalue weighted by atomic mass is 13.0. The molecule has 6 heavy (non-hydrogen) atoms. The predicted molar refractivity (Wildman–Crippen MR) is 16.7 cm³/mol. The molecular formula is H8F2N4-2. The molecule has 8 N–H and O–H groups in total. The molecule has 0 radical (unpaired) electrons.